The van der Waals surface area contributed by atoms with Crippen molar-refractivity contribution in [2.45, 2.75) is 45.6 Å². The number of aromatic nitrogens is 5. The molecule has 3 aromatic heterocycles. The Balaban J connectivity index is 1.97. The number of nitrogens with one attached hydrogen (secondary N) is 1. The predicted octanol–water partition coefficient (Wildman–Crippen LogP) is 3.83. The minimum absolute atomic E-state index is 0.0971. The lowest BCUT2D eigenvalue weighted by molar-refractivity contribution is 0.334. The van der Waals surface area contributed by atoms with Gasteiger partial charge in [-0.1, -0.05) is 13.0 Å². The molecule has 1 unspecified atom stereocenters. The molecule has 0 aliphatic heterocycles. The molecule has 0 fully saturated rings. The maximum absolute atomic E-state index is 4.83. The van der Waals surface area contributed by atoms with E-state index in [0.717, 1.165) is 28.6 Å². The molecular formula is C16H21N5S. The fraction of sp³-hybridized carbons (Fsp3) is 0.438. The largest absolute Gasteiger partial charge is 0.348 e. The normalized spacial score (nSPS) is 13.5. The van der Waals surface area contributed by atoms with Gasteiger partial charge in [-0.05, 0) is 38.6 Å². The van der Waals surface area contributed by atoms with Crippen LogP contribution in [0.1, 0.15) is 45.1 Å². The molecule has 3 rings (SSSR count). The van der Waals surface area contributed by atoms with E-state index in [9.17, 15) is 0 Å². The van der Waals surface area contributed by atoms with Gasteiger partial charge < -0.3 is 4.98 Å². The molecule has 116 valence electrons. The van der Waals surface area contributed by atoms with Crippen molar-refractivity contribution in [3.05, 3.63) is 41.6 Å². The average Bonchev–Trinajstić information content (AvgIpc) is 3.18. The Hall–Kier alpha value is -1.95. The Kier molecular flexibility index (Phi) is 3.87. The molecule has 1 N–H and O–H groups in total. The zero-order valence-corrected chi connectivity index (χ0v) is 14.2. The Morgan fingerprint density at radius 3 is 2.77 bits per heavy atom. The number of nitrogens with zero attached hydrogens (tertiary/aromatic N) is 4. The SMILES string of the molecule is CC(Cc1cnc[nH]1)c1nc(-c2cccs2)nn1C(C)(C)C. The summed E-state index contributed by atoms with van der Waals surface area (Å²) in [5.41, 5.74) is 1.02. The Labute approximate surface area is 134 Å². The first kappa shape index (κ1) is 15.0. The maximum Gasteiger partial charge on any atom is 0.191 e. The number of thiophene rings is 1. The lowest BCUT2D eigenvalue weighted by atomic mass is 10.0. The van der Waals surface area contributed by atoms with E-state index in [4.69, 9.17) is 10.1 Å². The van der Waals surface area contributed by atoms with Crippen LogP contribution in [0.4, 0.5) is 0 Å². The Morgan fingerprint density at radius 2 is 2.18 bits per heavy atom. The predicted molar refractivity (Wildman–Crippen MR) is 89.0 cm³/mol. The zero-order valence-electron chi connectivity index (χ0n) is 13.4. The minimum atomic E-state index is -0.0971. The molecule has 3 aromatic rings. The standard InChI is InChI=1S/C16H21N5S/c1-11(8-12-9-17-10-18-12)15-19-14(13-6-5-7-22-13)20-21(15)16(2,3)4/h5-7,9-11H,8H2,1-4H3,(H,17,18). The Morgan fingerprint density at radius 1 is 1.36 bits per heavy atom. The summed E-state index contributed by atoms with van der Waals surface area (Å²) in [5.74, 6) is 2.10. The number of rotatable bonds is 4. The molecule has 0 saturated carbocycles. The summed E-state index contributed by atoms with van der Waals surface area (Å²) in [7, 11) is 0. The summed E-state index contributed by atoms with van der Waals surface area (Å²) < 4.78 is 2.06. The van der Waals surface area contributed by atoms with Crippen LogP contribution in [0.5, 0.6) is 0 Å². The summed E-state index contributed by atoms with van der Waals surface area (Å²) in [5, 5.41) is 6.82. The second-order valence-electron chi connectivity index (χ2n) is 6.54. The maximum atomic E-state index is 4.83. The molecule has 0 radical (unpaired) electrons. The van der Waals surface area contributed by atoms with Crippen LogP contribution in [0.2, 0.25) is 0 Å². The smallest absolute Gasteiger partial charge is 0.191 e. The van der Waals surface area contributed by atoms with E-state index in [2.05, 4.69) is 53.8 Å². The van der Waals surface area contributed by atoms with Gasteiger partial charge in [0.1, 0.15) is 5.82 Å². The molecule has 0 spiro atoms. The molecule has 22 heavy (non-hydrogen) atoms. The van der Waals surface area contributed by atoms with Gasteiger partial charge in [0.15, 0.2) is 5.82 Å². The van der Waals surface area contributed by atoms with E-state index in [-0.39, 0.29) is 11.5 Å². The van der Waals surface area contributed by atoms with Crippen molar-refractivity contribution in [2.24, 2.45) is 0 Å². The van der Waals surface area contributed by atoms with Gasteiger partial charge in [0, 0.05) is 17.8 Å². The molecule has 0 amide bonds. The molecule has 5 nitrogen and oxygen atoms in total. The number of imidazole rings is 1. The molecule has 1 atom stereocenters. The highest BCUT2D eigenvalue weighted by Crippen LogP contribution is 2.28. The van der Waals surface area contributed by atoms with E-state index >= 15 is 0 Å². The van der Waals surface area contributed by atoms with Crippen LogP contribution in [0.25, 0.3) is 10.7 Å². The summed E-state index contributed by atoms with van der Waals surface area (Å²) >= 11 is 1.67. The average molecular weight is 315 g/mol. The molecule has 0 bridgehead atoms. The number of H-pyrrole nitrogens is 1. The van der Waals surface area contributed by atoms with E-state index in [1.165, 1.54) is 0 Å². The molecule has 0 aromatic carbocycles. The first-order chi connectivity index (χ1) is 10.4. The molecule has 6 heteroatoms. The van der Waals surface area contributed by atoms with Gasteiger partial charge in [0.05, 0.1) is 16.7 Å². The van der Waals surface area contributed by atoms with Gasteiger partial charge in [0.2, 0.25) is 0 Å². The highest BCUT2D eigenvalue weighted by molar-refractivity contribution is 7.13. The first-order valence-corrected chi connectivity index (χ1v) is 8.31. The van der Waals surface area contributed by atoms with Crippen LogP contribution in [-0.4, -0.2) is 24.7 Å². The molecular weight excluding hydrogens is 294 g/mol. The van der Waals surface area contributed by atoms with Crippen molar-refractivity contribution in [1.82, 2.24) is 24.7 Å². The fourth-order valence-corrected chi connectivity index (χ4v) is 3.12. The zero-order chi connectivity index (χ0) is 15.7. The summed E-state index contributed by atoms with van der Waals surface area (Å²) in [6.07, 6.45) is 4.46. The van der Waals surface area contributed by atoms with Crippen molar-refractivity contribution in [1.29, 1.82) is 0 Å². The Bertz CT molecular complexity index is 719. The quantitative estimate of drug-likeness (QED) is 0.796. The van der Waals surface area contributed by atoms with Crippen molar-refractivity contribution in [3.8, 4) is 10.7 Å². The third-order valence-corrected chi connectivity index (χ3v) is 4.40. The van der Waals surface area contributed by atoms with Crippen LogP contribution < -0.4 is 0 Å². The van der Waals surface area contributed by atoms with Crippen molar-refractivity contribution in [3.63, 3.8) is 0 Å². The van der Waals surface area contributed by atoms with E-state index < -0.39 is 0 Å². The van der Waals surface area contributed by atoms with Gasteiger partial charge in [-0.15, -0.1) is 16.4 Å². The van der Waals surface area contributed by atoms with Crippen LogP contribution in [0.3, 0.4) is 0 Å². The number of hydrogen-bond acceptors (Lipinski definition) is 4. The highest BCUT2D eigenvalue weighted by Gasteiger charge is 2.25. The second-order valence-corrected chi connectivity index (χ2v) is 7.48. The second kappa shape index (κ2) is 5.68. The minimum Gasteiger partial charge on any atom is -0.348 e. The number of aromatic amines is 1. The lowest BCUT2D eigenvalue weighted by Gasteiger charge is -2.23. The van der Waals surface area contributed by atoms with Crippen molar-refractivity contribution in [2.75, 3.05) is 0 Å². The van der Waals surface area contributed by atoms with Crippen LogP contribution in [0, 0.1) is 0 Å². The van der Waals surface area contributed by atoms with E-state index in [0.29, 0.717) is 0 Å². The summed E-state index contributed by atoms with van der Waals surface area (Å²) in [4.78, 5) is 13.2. The van der Waals surface area contributed by atoms with Gasteiger partial charge in [-0.2, -0.15) is 0 Å². The van der Waals surface area contributed by atoms with Gasteiger partial charge >= 0.3 is 0 Å². The fourth-order valence-electron chi connectivity index (χ4n) is 2.46. The van der Waals surface area contributed by atoms with Crippen LogP contribution >= 0.6 is 11.3 Å². The van der Waals surface area contributed by atoms with E-state index in [1.54, 1.807) is 17.7 Å². The number of hydrogen-bond donors (Lipinski definition) is 1. The summed E-state index contributed by atoms with van der Waals surface area (Å²) in [6, 6.07) is 4.10. The molecule has 0 aliphatic carbocycles. The van der Waals surface area contributed by atoms with E-state index in [1.807, 2.05) is 12.3 Å². The van der Waals surface area contributed by atoms with Gasteiger partial charge in [-0.3, -0.25) is 0 Å². The van der Waals surface area contributed by atoms with Gasteiger partial charge in [0.25, 0.3) is 0 Å². The third kappa shape index (κ3) is 2.97. The van der Waals surface area contributed by atoms with Gasteiger partial charge in [-0.25, -0.2) is 14.6 Å². The van der Waals surface area contributed by atoms with Crippen LogP contribution in [-0.2, 0) is 12.0 Å². The lowest BCUT2D eigenvalue weighted by Crippen LogP contribution is -2.26. The summed E-state index contributed by atoms with van der Waals surface area (Å²) in [6.45, 7) is 8.66. The van der Waals surface area contributed by atoms with Crippen LogP contribution in [0.15, 0.2) is 30.0 Å². The molecule has 0 aliphatic rings. The molecule has 3 heterocycles. The topological polar surface area (TPSA) is 59.4 Å². The molecule has 0 saturated heterocycles. The van der Waals surface area contributed by atoms with Crippen molar-refractivity contribution < 1.29 is 0 Å². The third-order valence-electron chi connectivity index (χ3n) is 3.53. The monoisotopic (exact) mass is 315 g/mol. The van der Waals surface area contributed by atoms with Crippen molar-refractivity contribution >= 4 is 11.3 Å². The highest BCUT2D eigenvalue weighted by atomic mass is 32.1. The first-order valence-electron chi connectivity index (χ1n) is 7.43.